The monoisotopic (exact) mass is 400 g/mol. The number of furan rings is 1. The highest BCUT2D eigenvalue weighted by Gasteiger charge is 2.44. The van der Waals surface area contributed by atoms with Gasteiger partial charge in [-0.15, -0.1) is 0 Å². The van der Waals surface area contributed by atoms with E-state index in [1.165, 1.54) is 42.3 Å². The highest BCUT2D eigenvalue weighted by Crippen LogP contribution is 2.39. The summed E-state index contributed by atoms with van der Waals surface area (Å²) in [6.45, 7) is 2.29. The van der Waals surface area contributed by atoms with Gasteiger partial charge in [0.15, 0.2) is 11.5 Å². The molecule has 1 N–H and O–H groups in total. The topological polar surface area (TPSA) is 123 Å². The van der Waals surface area contributed by atoms with Crippen molar-refractivity contribution in [2.24, 2.45) is 0 Å². The van der Waals surface area contributed by atoms with Gasteiger partial charge in [0.05, 0.1) is 16.5 Å². The van der Waals surface area contributed by atoms with Gasteiger partial charge in [0, 0.05) is 32.4 Å². The van der Waals surface area contributed by atoms with Crippen molar-refractivity contribution in [1.29, 1.82) is 0 Å². The number of aryl methyl sites for hydroxylation is 1. The van der Waals surface area contributed by atoms with Crippen LogP contribution in [0.4, 0.5) is 5.69 Å². The molecule has 3 rings (SSSR count). The first kappa shape index (κ1) is 20.3. The van der Waals surface area contributed by atoms with Crippen LogP contribution in [0.15, 0.2) is 52.1 Å². The Hall–Kier alpha value is -3.46. The summed E-state index contributed by atoms with van der Waals surface area (Å²) in [5.41, 5.74) is 0.236. The van der Waals surface area contributed by atoms with E-state index in [0.29, 0.717) is 24.4 Å². The van der Waals surface area contributed by atoms with Gasteiger partial charge in [0.2, 0.25) is 5.78 Å². The van der Waals surface area contributed by atoms with Crippen molar-refractivity contribution < 1.29 is 28.8 Å². The van der Waals surface area contributed by atoms with Crippen LogP contribution < -0.4 is 0 Å². The predicted octanol–water partition coefficient (Wildman–Crippen LogP) is 3.11. The van der Waals surface area contributed by atoms with E-state index < -0.39 is 28.4 Å². The van der Waals surface area contributed by atoms with Crippen LogP contribution in [0.2, 0.25) is 0 Å². The van der Waals surface area contributed by atoms with Gasteiger partial charge >= 0.3 is 0 Å². The molecule has 1 aliphatic rings. The zero-order chi connectivity index (χ0) is 21.1. The molecule has 0 spiro atoms. The van der Waals surface area contributed by atoms with Crippen LogP contribution in [-0.2, 0) is 9.53 Å². The van der Waals surface area contributed by atoms with E-state index in [9.17, 15) is 24.8 Å². The fourth-order valence-electron chi connectivity index (χ4n) is 3.31. The number of Topliss-reactive ketones (excluding diaryl/α,β-unsaturated/α-hetero) is 1. The smallest absolute Gasteiger partial charge is 0.290 e. The molecule has 1 aromatic carbocycles. The SMILES string of the molecule is COCCCN1C(=O)C(O)=C(C(=O)c2ccc(C)o2)C1c1ccc([N+](=O)[O-])cc1. The van der Waals surface area contributed by atoms with Crippen LogP contribution in [0.1, 0.15) is 34.3 Å². The lowest BCUT2D eigenvalue weighted by Crippen LogP contribution is -2.32. The van der Waals surface area contributed by atoms with Crippen molar-refractivity contribution >= 4 is 17.4 Å². The number of methoxy groups -OCH3 is 1. The average molecular weight is 400 g/mol. The number of non-ortho nitro benzene ring substituents is 1. The van der Waals surface area contributed by atoms with Gasteiger partial charge in [-0.3, -0.25) is 19.7 Å². The first-order valence-corrected chi connectivity index (χ1v) is 8.93. The highest BCUT2D eigenvalue weighted by molar-refractivity contribution is 6.15. The van der Waals surface area contributed by atoms with Crippen molar-refractivity contribution in [1.82, 2.24) is 4.90 Å². The molecule has 1 amide bonds. The lowest BCUT2D eigenvalue weighted by atomic mass is 9.95. The normalized spacial score (nSPS) is 16.6. The number of amides is 1. The summed E-state index contributed by atoms with van der Waals surface area (Å²) in [5.74, 6) is -1.42. The Balaban J connectivity index is 2.03. The minimum atomic E-state index is -0.891. The quantitative estimate of drug-likeness (QED) is 0.312. The minimum absolute atomic E-state index is 0.00232. The zero-order valence-corrected chi connectivity index (χ0v) is 16.0. The first-order valence-electron chi connectivity index (χ1n) is 8.93. The Morgan fingerprint density at radius 2 is 1.97 bits per heavy atom. The van der Waals surface area contributed by atoms with Crippen LogP contribution in [0, 0.1) is 17.0 Å². The molecular formula is C20H20N2O7. The van der Waals surface area contributed by atoms with Crippen LogP contribution in [0.25, 0.3) is 0 Å². The van der Waals surface area contributed by atoms with Crippen molar-refractivity contribution in [3.63, 3.8) is 0 Å². The number of carbonyl (C=O) groups excluding carboxylic acids is 2. The summed E-state index contributed by atoms with van der Waals surface area (Å²) >= 11 is 0. The number of carbonyl (C=O) groups is 2. The Morgan fingerprint density at radius 3 is 2.52 bits per heavy atom. The van der Waals surface area contributed by atoms with Crippen LogP contribution >= 0.6 is 0 Å². The summed E-state index contributed by atoms with van der Waals surface area (Å²) in [4.78, 5) is 37.5. The predicted molar refractivity (Wildman–Crippen MR) is 101 cm³/mol. The fourth-order valence-corrected chi connectivity index (χ4v) is 3.31. The molecule has 0 saturated heterocycles. The van der Waals surface area contributed by atoms with Gasteiger partial charge in [0.25, 0.3) is 11.6 Å². The van der Waals surface area contributed by atoms with Gasteiger partial charge < -0.3 is 19.2 Å². The number of ether oxygens (including phenoxy) is 1. The summed E-state index contributed by atoms with van der Waals surface area (Å²) in [5, 5.41) is 21.4. The molecule has 1 atom stereocenters. The second-order valence-corrected chi connectivity index (χ2v) is 6.60. The van der Waals surface area contributed by atoms with Crippen LogP contribution in [-0.4, -0.2) is 46.9 Å². The maximum absolute atomic E-state index is 13.0. The number of aliphatic hydroxyl groups excluding tert-OH is 1. The van der Waals surface area contributed by atoms with Crippen LogP contribution in [0.3, 0.4) is 0 Å². The number of benzene rings is 1. The summed E-state index contributed by atoms with van der Waals surface area (Å²) in [6, 6.07) is 7.72. The maximum atomic E-state index is 13.0. The van der Waals surface area contributed by atoms with E-state index in [0.717, 1.165) is 0 Å². The summed E-state index contributed by atoms with van der Waals surface area (Å²) in [7, 11) is 1.53. The molecule has 9 heteroatoms. The number of nitro benzene ring substituents is 1. The van der Waals surface area contributed by atoms with E-state index in [2.05, 4.69) is 0 Å². The Kier molecular flexibility index (Phi) is 5.79. The summed E-state index contributed by atoms with van der Waals surface area (Å²) < 4.78 is 10.4. The molecule has 0 saturated carbocycles. The van der Waals surface area contributed by atoms with Crippen molar-refractivity contribution in [3.05, 3.63) is 74.9 Å². The molecular weight excluding hydrogens is 380 g/mol. The number of rotatable bonds is 8. The molecule has 0 radical (unpaired) electrons. The third-order valence-electron chi connectivity index (χ3n) is 4.68. The molecule has 0 aliphatic carbocycles. The highest BCUT2D eigenvalue weighted by atomic mass is 16.6. The standard InChI is InChI=1S/C20H20N2O7/c1-12-4-9-15(29-12)18(23)16-17(13-5-7-14(8-6-13)22(26)27)21(10-3-11-28-2)20(25)19(16)24/h4-9,17,24H,3,10-11H2,1-2H3. The van der Waals surface area contributed by atoms with Gasteiger partial charge in [0.1, 0.15) is 5.76 Å². The third-order valence-corrected chi connectivity index (χ3v) is 4.68. The number of ketones is 1. The number of nitrogens with zero attached hydrogens (tertiary/aromatic N) is 2. The molecule has 1 unspecified atom stereocenters. The van der Waals surface area contributed by atoms with E-state index in [1.54, 1.807) is 13.0 Å². The second-order valence-electron chi connectivity index (χ2n) is 6.60. The van der Waals surface area contributed by atoms with Gasteiger partial charge in [-0.1, -0.05) is 0 Å². The van der Waals surface area contributed by atoms with Gasteiger partial charge in [-0.2, -0.15) is 0 Å². The largest absolute Gasteiger partial charge is 0.503 e. The molecule has 2 heterocycles. The lowest BCUT2D eigenvalue weighted by Gasteiger charge is -2.26. The number of aliphatic hydroxyl groups is 1. The molecule has 0 fully saturated rings. The second kappa shape index (κ2) is 8.27. The molecule has 1 aromatic heterocycles. The van der Waals surface area contributed by atoms with Crippen molar-refractivity contribution in [2.45, 2.75) is 19.4 Å². The number of hydrogen-bond acceptors (Lipinski definition) is 7. The van der Waals surface area contributed by atoms with Crippen LogP contribution in [0.5, 0.6) is 0 Å². The summed E-state index contributed by atoms with van der Waals surface area (Å²) in [6.07, 6.45) is 0.486. The molecule has 2 aromatic rings. The Labute approximate surface area is 166 Å². The van der Waals surface area contributed by atoms with Crippen molar-refractivity contribution in [2.75, 3.05) is 20.3 Å². The first-order chi connectivity index (χ1) is 13.8. The van der Waals surface area contributed by atoms with E-state index in [4.69, 9.17) is 9.15 Å². The molecule has 152 valence electrons. The number of nitro groups is 1. The van der Waals surface area contributed by atoms with E-state index in [1.807, 2.05) is 0 Å². The molecule has 29 heavy (non-hydrogen) atoms. The minimum Gasteiger partial charge on any atom is -0.503 e. The van der Waals surface area contributed by atoms with Gasteiger partial charge in [-0.25, -0.2) is 0 Å². The third kappa shape index (κ3) is 3.90. The van der Waals surface area contributed by atoms with E-state index >= 15 is 0 Å². The zero-order valence-electron chi connectivity index (χ0n) is 16.0. The maximum Gasteiger partial charge on any atom is 0.290 e. The van der Waals surface area contributed by atoms with E-state index in [-0.39, 0.29) is 23.6 Å². The number of hydrogen-bond donors (Lipinski definition) is 1. The lowest BCUT2D eigenvalue weighted by molar-refractivity contribution is -0.384. The van der Waals surface area contributed by atoms with Gasteiger partial charge in [-0.05, 0) is 43.2 Å². The Bertz CT molecular complexity index is 975. The Morgan fingerprint density at radius 1 is 1.28 bits per heavy atom. The fraction of sp³-hybridized carbons (Fsp3) is 0.300. The molecule has 1 aliphatic heterocycles. The molecule has 0 bridgehead atoms. The molecule has 9 nitrogen and oxygen atoms in total. The average Bonchev–Trinajstić information content (AvgIpc) is 3.24. The van der Waals surface area contributed by atoms with Crippen molar-refractivity contribution in [3.8, 4) is 0 Å².